The molecule has 0 spiro atoms. The van der Waals surface area contributed by atoms with Gasteiger partial charge < -0.3 is 15.2 Å². The number of carboxylic acid groups (broad SMARTS) is 1. The van der Waals surface area contributed by atoms with Crippen LogP contribution in [0.1, 0.15) is 29.8 Å². The number of ether oxygens (including phenoxy) is 1. The van der Waals surface area contributed by atoms with Crippen LogP contribution in [0.4, 0.5) is 18.9 Å². The van der Waals surface area contributed by atoms with Crippen molar-refractivity contribution in [3.05, 3.63) is 29.3 Å². The highest BCUT2D eigenvalue weighted by Crippen LogP contribution is 2.34. The van der Waals surface area contributed by atoms with Crippen molar-refractivity contribution in [1.29, 1.82) is 0 Å². The normalized spacial score (nSPS) is 13.1. The Labute approximate surface area is 114 Å². The van der Waals surface area contributed by atoms with Crippen molar-refractivity contribution in [1.82, 2.24) is 0 Å². The van der Waals surface area contributed by atoms with E-state index in [-0.39, 0.29) is 11.7 Å². The molecule has 4 nitrogen and oxygen atoms in total. The molecule has 0 aromatic heterocycles. The van der Waals surface area contributed by atoms with Crippen LogP contribution in [0.15, 0.2) is 18.2 Å². The lowest BCUT2D eigenvalue weighted by Gasteiger charge is -2.17. The molecule has 1 atom stereocenters. The van der Waals surface area contributed by atoms with Gasteiger partial charge in [0.2, 0.25) is 0 Å². The lowest BCUT2D eigenvalue weighted by Crippen LogP contribution is -2.22. The summed E-state index contributed by atoms with van der Waals surface area (Å²) in [6.45, 7) is 4.43. The molecule has 112 valence electrons. The van der Waals surface area contributed by atoms with Crippen LogP contribution in [0.25, 0.3) is 0 Å². The van der Waals surface area contributed by atoms with E-state index in [1.54, 1.807) is 6.92 Å². The highest BCUT2D eigenvalue weighted by molar-refractivity contribution is 5.90. The summed E-state index contributed by atoms with van der Waals surface area (Å²) in [7, 11) is 0. The molecule has 0 aliphatic carbocycles. The van der Waals surface area contributed by atoms with E-state index in [9.17, 15) is 18.0 Å². The number of aromatic carboxylic acids is 1. The van der Waals surface area contributed by atoms with Crippen molar-refractivity contribution in [2.75, 3.05) is 18.5 Å². The molecule has 0 saturated carbocycles. The maximum atomic E-state index is 12.8. The minimum absolute atomic E-state index is 0.188. The first-order valence-electron chi connectivity index (χ1n) is 6.04. The summed E-state index contributed by atoms with van der Waals surface area (Å²) in [6, 6.07) is 2.86. The summed E-state index contributed by atoms with van der Waals surface area (Å²) in [5, 5.41) is 11.6. The second-order valence-corrected chi connectivity index (χ2v) is 4.27. The number of alkyl halides is 3. The van der Waals surface area contributed by atoms with Gasteiger partial charge >= 0.3 is 12.1 Å². The van der Waals surface area contributed by atoms with Crippen LogP contribution in [0.5, 0.6) is 0 Å². The molecule has 0 heterocycles. The number of nitrogens with one attached hydrogen (secondary N) is 1. The minimum atomic E-state index is -4.71. The fraction of sp³-hybridized carbons (Fsp3) is 0.462. The average Bonchev–Trinajstić information content (AvgIpc) is 2.35. The van der Waals surface area contributed by atoms with Crippen LogP contribution < -0.4 is 5.32 Å². The zero-order valence-corrected chi connectivity index (χ0v) is 11.1. The Morgan fingerprint density at radius 3 is 2.60 bits per heavy atom. The summed E-state index contributed by atoms with van der Waals surface area (Å²) < 4.78 is 43.6. The van der Waals surface area contributed by atoms with Crippen molar-refractivity contribution in [2.24, 2.45) is 0 Å². The molecule has 0 aliphatic rings. The average molecular weight is 291 g/mol. The molecule has 20 heavy (non-hydrogen) atoms. The number of hydrogen-bond acceptors (Lipinski definition) is 3. The Kier molecular flexibility index (Phi) is 5.38. The van der Waals surface area contributed by atoms with Gasteiger partial charge in [-0.3, -0.25) is 0 Å². The first-order valence-corrected chi connectivity index (χ1v) is 6.04. The van der Waals surface area contributed by atoms with Gasteiger partial charge in [0.1, 0.15) is 0 Å². The first-order chi connectivity index (χ1) is 9.25. The lowest BCUT2D eigenvalue weighted by molar-refractivity contribution is -0.138. The Hall–Kier alpha value is -1.76. The monoisotopic (exact) mass is 291 g/mol. The predicted molar refractivity (Wildman–Crippen MR) is 68.0 cm³/mol. The molecule has 0 amide bonds. The van der Waals surface area contributed by atoms with Gasteiger partial charge in [-0.2, -0.15) is 13.2 Å². The second kappa shape index (κ2) is 6.60. The van der Waals surface area contributed by atoms with Crippen LogP contribution in [-0.4, -0.2) is 30.3 Å². The van der Waals surface area contributed by atoms with Gasteiger partial charge in [-0.15, -0.1) is 0 Å². The van der Waals surface area contributed by atoms with Gasteiger partial charge in [0.25, 0.3) is 0 Å². The first kappa shape index (κ1) is 16.3. The van der Waals surface area contributed by atoms with E-state index in [1.165, 1.54) is 6.07 Å². The molecular weight excluding hydrogens is 275 g/mol. The van der Waals surface area contributed by atoms with Crippen LogP contribution in [-0.2, 0) is 10.9 Å². The Morgan fingerprint density at radius 2 is 2.10 bits per heavy atom. The number of carboxylic acids is 1. The van der Waals surface area contributed by atoms with E-state index >= 15 is 0 Å². The summed E-state index contributed by atoms with van der Waals surface area (Å²) in [6.07, 6.45) is -4.71. The number of halogens is 3. The molecule has 0 saturated heterocycles. The Balaban J connectivity index is 2.98. The fourth-order valence-electron chi connectivity index (χ4n) is 1.68. The largest absolute Gasteiger partial charge is 0.478 e. The standard InChI is InChI=1S/C13H16F3NO3/c1-3-20-7-8(2)17-9-4-5-10(12(18)19)11(6-9)13(14,15)16/h4-6,8,17H,3,7H2,1-2H3,(H,18,19). The molecule has 0 bridgehead atoms. The highest BCUT2D eigenvalue weighted by Gasteiger charge is 2.35. The number of carbonyl (C=O) groups is 1. The third kappa shape index (κ3) is 4.41. The topological polar surface area (TPSA) is 58.6 Å². The van der Waals surface area contributed by atoms with Crippen molar-refractivity contribution in [2.45, 2.75) is 26.1 Å². The molecule has 0 aliphatic heterocycles. The molecule has 0 radical (unpaired) electrons. The lowest BCUT2D eigenvalue weighted by atomic mass is 10.1. The van der Waals surface area contributed by atoms with Gasteiger partial charge in [-0.05, 0) is 32.0 Å². The summed E-state index contributed by atoms with van der Waals surface area (Å²) in [5.74, 6) is -1.61. The van der Waals surface area contributed by atoms with E-state index < -0.39 is 23.3 Å². The zero-order chi connectivity index (χ0) is 15.3. The van der Waals surface area contributed by atoms with Crippen LogP contribution in [0.3, 0.4) is 0 Å². The molecule has 1 aromatic carbocycles. The van der Waals surface area contributed by atoms with Crippen molar-refractivity contribution in [3.8, 4) is 0 Å². The zero-order valence-electron chi connectivity index (χ0n) is 11.1. The van der Waals surface area contributed by atoms with Gasteiger partial charge in [0.15, 0.2) is 0 Å². The smallest absolute Gasteiger partial charge is 0.417 e. The Bertz CT molecular complexity index is 474. The van der Waals surface area contributed by atoms with Crippen LogP contribution in [0.2, 0.25) is 0 Å². The maximum absolute atomic E-state index is 12.8. The van der Waals surface area contributed by atoms with E-state index in [0.29, 0.717) is 13.2 Å². The second-order valence-electron chi connectivity index (χ2n) is 4.27. The number of benzene rings is 1. The molecule has 1 aromatic rings. The highest BCUT2D eigenvalue weighted by atomic mass is 19.4. The maximum Gasteiger partial charge on any atom is 0.417 e. The van der Waals surface area contributed by atoms with E-state index in [2.05, 4.69) is 5.32 Å². The SMILES string of the molecule is CCOCC(C)Nc1ccc(C(=O)O)c(C(F)(F)F)c1. The summed E-state index contributed by atoms with van der Waals surface area (Å²) in [5.41, 5.74) is -1.73. The molecule has 7 heteroatoms. The number of hydrogen-bond donors (Lipinski definition) is 2. The predicted octanol–water partition coefficient (Wildman–Crippen LogP) is 3.24. The van der Waals surface area contributed by atoms with E-state index in [0.717, 1.165) is 12.1 Å². The van der Waals surface area contributed by atoms with Crippen LogP contribution >= 0.6 is 0 Å². The van der Waals surface area contributed by atoms with Crippen LogP contribution in [0, 0.1) is 0 Å². The third-order valence-corrected chi connectivity index (χ3v) is 2.54. The number of rotatable bonds is 6. The van der Waals surface area contributed by atoms with Gasteiger partial charge in [-0.1, -0.05) is 0 Å². The van der Waals surface area contributed by atoms with E-state index in [4.69, 9.17) is 9.84 Å². The fourth-order valence-corrected chi connectivity index (χ4v) is 1.68. The molecule has 0 fully saturated rings. The Morgan fingerprint density at radius 1 is 1.45 bits per heavy atom. The summed E-state index contributed by atoms with van der Waals surface area (Å²) >= 11 is 0. The van der Waals surface area contributed by atoms with Crippen molar-refractivity contribution in [3.63, 3.8) is 0 Å². The molecular formula is C13H16F3NO3. The number of anilines is 1. The summed E-state index contributed by atoms with van der Waals surface area (Å²) in [4.78, 5) is 10.8. The molecule has 2 N–H and O–H groups in total. The van der Waals surface area contributed by atoms with Gasteiger partial charge in [0, 0.05) is 18.3 Å². The third-order valence-electron chi connectivity index (χ3n) is 2.54. The quantitative estimate of drug-likeness (QED) is 0.844. The van der Waals surface area contributed by atoms with Gasteiger partial charge in [-0.25, -0.2) is 4.79 Å². The minimum Gasteiger partial charge on any atom is -0.478 e. The molecule has 1 unspecified atom stereocenters. The van der Waals surface area contributed by atoms with E-state index in [1.807, 2.05) is 6.92 Å². The van der Waals surface area contributed by atoms with Gasteiger partial charge in [0.05, 0.1) is 17.7 Å². The van der Waals surface area contributed by atoms with Crippen molar-refractivity contribution < 1.29 is 27.8 Å². The molecule has 1 rings (SSSR count). The van der Waals surface area contributed by atoms with Crippen molar-refractivity contribution >= 4 is 11.7 Å².